The lowest BCUT2D eigenvalue weighted by molar-refractivity contribution is 0.194. The number of methoxy groups -OCH3 is 1. The molecule has 1 aromatic carbocycles. The van der Waals surface area contributed by atoms with E-state index in [9.17, 15) is 5.11 Å². The molecule has 1 atom stereocenters. The summed E-state index contributed by atoms with van der Waals surface area (Å²) in [5.41, 5.74) is 2.02. The van der Waals surface area contributed by atoms with Gasteiger partial charge in [0.05, 0.1) is 13.2 Å². The fourth-order valence-electron chi connectivity index (χ4n) is 2.79. The first-order valence-corrected chi connectivity index (χ1v) is 7.27. The monoisotopic (exact) mass is 263 g/mol. The molecule has 1 N–H and O–H groups in total. The van der Waals surface area contributed by atoms with Crippen molar-refractivity contribution in [2.45, 2.75) is 39.2 Å². The molecule has 2 rings (SSSR count). The first-order chi connectivity index (χ1) is 9.17. The van der Waals surface area contributed by atoms with Crippen molar-refractivity contribution in [1.29, 1.82) is 0 Å². The first-order valence-electron chi connectivity index (χ1n) is 7.27. The van der Waals surface area contributed by atoms with Crippen LogP contribution < -0.4 is 9.64 Å². The molecule has 0 unspecified atom stereocenters. The molecular formula is C16H25NO2. The van der Waals surface area contributed by atoms with Crippen molar-refractivity contribution in [3.63, 3.8) is 0 Å². The van der Waals surface area contributed by atoms with Gasteiger partial charge in [-0.2, -0.15) is 0 Å². The predicted octanol–water partition coefficient (Wildman–Crippen LogP) is 3.37. The van der Waals surface area contributed by atoms with Gasteiger partial charge in [0.2, 0.25) is 0 Å². The van der Waals surface area contributed by atoms with E-state index < -0.39 is 6.10 Å². The summed E-state index contributed by atoms with van der Waals surface area (Å²) < 4.78 is 5.40. The van der Waals surface area contributed by atoms with Crippen LogP contribution in [0.25, 0.3) is 0 Å². The highest BCUT2D eigenvalue weighted by Crippen LogP contribution is 2.36. The van der Waals surface area contributed by atoms with Gasteiger partial charge in [0.25, 0.3) is 0 Å². The minimum Gasteiger partial charge on any atom is -0.496 e. The van der Waals surface area contributed by atoms with Crippen LogP contribution in [0, 0.1) is 5.92 Å². The quantitative estimate of drug-likeness (QED) is 0.854. The summed E-state index contributed by atoms with van der Waals surface area (Å²) in [4.78, 5) is 2.37. The molecule has 106 valence electrons. The summed E-state index contributed by atoms with van der Waals surface area (Å²) in [5.74, 6) is 1.59. The molecule has 1 aliphatic rings. The van der Waals surface area contributed by atoms with Crippen LogP contribution in [-0.2, 0) is 0 Å². The molecule has 1 aromatic rings. The molecule has 1 saturated carbocycles. The van der Waals surface area contributed by atoms with Crippen LogP contribution in [-0.4, -0.2) is 25.3 Å². The number of aliphatic hydroxyl groups excluding tert-OH is 1. The number of benzene rings is 1. The number of anilines is 1. The molecule has 0 bridgehead atoms. The smallest absolute Gasteiger partial charge is 0.126 e. The Kier molecular flexibility index (Phi) is 4.70. The molecule has 0 radical (unpaired) electrons. The van der Waals surface area contributed by atoms with Crippen LogP contribution in [0.2, 0.25) is 0 Å². The number of nitrogens with zero attached hydrogens (tertiary/aromatic N) is 1. The molecule has 1 fully saturated rings. The van der Waals surface area contributed by atoms with Crippen LogP contribution >= 0.6 is 0 Å². The van der Waals surface area contributed by atoms with E-state index in [0.29, 0.717) is 0 Å². The van der Waals surface area contributed by atoms with Gasteiger partial charge in [-0.3, -0.25) is 0 Å². The Morgan fingerprint density at radius 1 is 1.42 bits per heavy atom. The number of ether oxygens (including phenoxy) is 1. The van der Waals surface area contributed by atoms with Crippen molar-refractivity contribution in [1.82, 2.24) is 0 Å². The molecule has 19 heavy (non-hydrogen) atoms. The largest absolute Gasteiger partial charge is 0.496 e. The Labute approximate surface area is 116 Å². The minimum absolute atomic E-state index is 0.512. The Balaban J connectivity index is 2.29. The standard InChI is InChI=1S/C16H25NO2/c1-4-17(11-13-7-5-8-13)14-9-6-10-15(19-3)16(14)12(2)18/h6,9-10,12-13,18H,4-5,7-8,11H2,1-3H3/t12-/m0/s1. The van der Waals surface area contributed by atoms with E-state index in [0.717, 1.165) is 36.0 Å². The first kappa shape index (κ1) is 14.2. The van der Waals surface area contributed by atoms with Gasteiger partial charge >= 0.3 is 0 Å². The van der Waals surface area contributed by atoms with Crippen molar-refractivity contribution in [3.05, 3.63) is 23.8 Å². The van der Waals surface area contributed by atoms with Crippen LogP contribution in [0.4, 0.5) is 5.69 Å². The molecule has 0 saturated heterocycles. The topological polar surface area (TPSA) is 32.7 Å². The molecule has 3 heteroatoms. The average molecular weight is 263 g/mol. The number of hydrogen-bond acceptors (Lipinski definition) is 3. The van der Waals surface area contributed by atoms with E-state index >= 15 is 0 Å². The summed E-state index contributed by atoms with van der Waals surface area (Å²) >= 11 is 0. The maximum absolute atomic E-state index is 10.1. The Bertz CT molecular complexity index is 413. The lowest BCUT2D eigenvalue weighted by Crippen LogP contribution is -2.33. The highest BCUT2D eigenvalue weighted by Gasteiger charge is 2.23. The van der Waals surface area contributed by atoms with E-state index in [1.54, 1.807) is 14.0 Å². The summed E-state index contributed by atoms with van der Waals surface area (Å²) in [7, 11) is 1.66. The summed E-state index contributed by atoms with van der Waals surface area (Å²) in [6.45, 7) is 6.02. The fourth-order valence-corrected chi connectivity index (χ4v) is 2.79. The molecule has 0 aromatic heterocycles. The van der Waals surface area contributed by atoms with Gasteiger partial charge < -0.3 is 14.7 Å². The summed E-state index contributed by atoms with van der Waals surface area (Å²) in [5, 5.41) is 10.1. The zero-order valence-corrected chi connectivity index (χ0v) is 12.2. The molecule has 0 spiro atoms. The van der Waals surface area contributed by atoms with Crippen molar-refractivity contribution in [2.24, 2.45) is 5.92 Å². The molecular weight excluding hydrogens is 238 g/mol. The van der Waals surface area contributed by atoms with Gasteiger partial charge in [-0.05, 0) is 44.7 Å². The van der Waals surface area contributed by atoms with E-state index in [4.69, 9.17) is 4.74 Å². The van der Waals surface area contributed by atoms with Crippen LogP contribution in [0.5, 0.6) is 5.75 Å². The Hall–Kier alpha value is -1.22. The van der Waals surface area contributed by atoms with Gasteiger partial charge in [0, 0.05) is 24.3 Å². The second-order valence-corrected chi connectivity index (χ2v) is 5.40. The highest BCUT2D eigenvalue weighted by molar-refractivity contribution is 5.60. The van der Waals surface area contributed by atoms with Gasteiger partial charge in [0.15, 0.2) is 0 Å². The molecule has 0 amide bonds. The van der Waals surface area contributed by atoms with Crippen LogP contribution in [0.1, 0.15) is 44.8 Å². The average Bonchev–Trinajstić information content (AvgIpc) is 2.36. The van der Waals surface area contributed by atoms with Crippen LogP contribution in [0.3, 0.4) is 0 Å². The van der Waals surface area contributed by atoms with E-state index in [1.165, 1.54) is 19.3 Å². The predicted molar refractivity (Wildman–Crippen MR) is 78.9 cm³/mol. The van der Waals surface area contributed by atoms with Crippen molar-refractivity contribution in [3.8, 4) is 5.75 Å². The summed E-state index contributed by atoms with van der Waals surface area (Å²) in [6.07, 6.45) is 3.53. The maximum Gasteiger partial charge on any atom is 0.126 e. The molecule has 0 aliphatic heterocycles. The molecule has 1 aliphatic carbocycles. The van der Waals surface area contributed by atoms with Crippen molar-refractivity contribution < 1.29 is 9.84 Å². The molecule has 0 heterocycles. The normalized spacial score (nSPS) is 16.8. The SMILES string of the molecule is CCN(CC1CCC1)c1cccc(OC)c1[C@H](C)O. The minimum atomic E-state index is -0.512. The van der Waals surface area contributed by atoms with Crippen molar-refractivity contribution >= 4 is 5.69 Å². The Morgan fingerprint density at radius 2 is 2.16 bits per heavy atom. The zero-order valence-electron chi connectivity index (χ0n) is 12.2. The van der Waals surface area contributed by atoms with E-state index in [1.807, 2.05) is 12.1 Å². The Morgan fingerprint density at radius 3 is 2.63 bits per heavy atom. The maximum atomic E-state index is 10.1. The number of rotatable bonds is 6. The van der Waals surface area contributed by atoms with E-state index in [2.05, 4.69) is 17.9 Å². The van der Waals surface area contributed by atoms with Gasteiger partial charge in [-0.25, -0.2) is 0 Å². The van der Waals surface area contributed by atoms with Crippen LogP contribution in [0.15, 0.2) is 18.2 Å². The third kappa shape index (κ3) is 3.03. The third-order valence-electron chi connectivity index (χ3n) is 4.11. The lowest BCUT2D eigenvalue weighted by Gasteiger charge is -2.34. The van der Waals surface area contributed by atoms with E-state index in [-0.39, 0.29) is 0 Å². The second-order valence-electron chi connectivity index (χ2n) is 5.40. The summed E-state index contributed by atoms with van der Waals surface area (Å²) in [6, 6.07) is 6.01. The number of aliphatic hydroxyl groups is 1. The fraction of sp³-hybridized carbons (Fsp3) is 0.625. The molecule has 3 nitrogen and oxygen atoms in total. The lowest BCUT2D eigenvalue weighted by atomic mass is 9.85. The van der Waals surface area contributed by atoms with Crippen molar-refractivity contribution in [2.75, 3.05) is 25.1 Å². The number of hydrogen-bond donors (Lipinski definition) is 1. The highest BCUT2D eigenvalue weighted by atomic mass is 16.5. The van der Waals surface area contributed by atoms with Gasteiger partial charge in [-0.15, -0.1) is 0 Å². The second kappa shape index (κ2) is 6.29. The van der Waals surface area contributed by atoms with Gasteiger partial charge in [-0.1, -0.05) is 12.5 Å². The van der Waals surface area contributed by atoms with Gasteiger partial charge in [0.1, 0.15) is 5.75 Å². The zero-order chi connectivity index (χ0) is 13.8. The third-order valence-corrected chi connectivity index (χ3v) is 4.11.